The smallest absolute Gasteiger partial charge is 0.224 e. The summed E-state index contributed by atoms with van der Waals surface area (Å²) in [5, 5.41) is 14.7. The summed E-state index contributed by atoms with van der Waals surface area (Å²) in [5.74, 6) is 2.99. The first-order valence-electron chi connectivity index (χ1n) is 14.5. The van der Waals surface area contributed by atoms with E-state index in [1.807, 2.05) is 6.20 Å². The van der Waals surface area contributed by atoms with E-state index >= 15 is 0 Å². The predicted octanol–water partition coefficient (Wildman–Crippen LogP) is 5.23. The van der Waals surface area contributed by atoms with Gasteiger partial charge < -0.3 is 15.3 Å². The van der Waals surface area contributed by atoms with Gasteiger partial charge in [-0.25, -0.2) is 4.98 Å². The van der Waals surface area contributed by atoms with E-state index in [1.165, 1.54) is 103 Å². The predicted molar refractivity (Wildman–Crippen MR) is 139 cm³/mol. The van der Waals surface area contributed by atoms with Crippen molar-refractivity contribution in [3.05, 3.63) is 12.3 Å². The van der Waals surface area contributed by atoms with Gasteiger partial charge in [0.25, 0.3) is 0 Å². The maximum atomic E-state index is 11.0. The molecule has 34 heavy (non-hydrogen) atoms. The van der Waals surface area contributed by atoms with E-state index < -0.39 is 0 Å². The second kappa shape index (κ2) is 12.0. The number of hydrogen-bond donors (Lipinski definition) is 2. The summed E-state index contributed by atoms with van der Waals surface area (Å²) in [7, 11) is 0. The van der Waals surface area contributed by atoms with E-state index in [9.17, 15) is 5.11 Å². The van der Waals surface area contributed by atoms with Crippen molar-refractivity contribution in [2.45, 2.75) is 114 Å². The van der Waals surface area contributed by atoms with E-state index in [-0.39, 0.29) is 6.10 Å². The Balaban J connectivity index is 1.11. The largest absolute Gasteiger partial charge is 0.393 e. The van der Waals surface area contributed by atoms with E-state index in [0.717, 1.165) is 31.4 Å². The number of piperidine rings is 1. The molecule has 1 aromatic rings. The Labute approximate surface area is 206 Å². The van der Waals surface area contributed by atoms with Gasteiger partial charge in [-0.05, 0) is 88.7 Å². The van der Waals surface area contributed by atoms with Crippen molar-refractivity contribution in [2.75, 3.05) is 36.4 Å². The third kappa shape index (κ3) is 6.23. The minimum atomic E-state index is -0.0503. The summed E-state index contributed by atoms with van der Waals surface area (Å²) < 4.78 is 0. The van der Waals surface area contributed by atoms with Crippen LogP contribution in [0.3, 0.4) is 0 Å². The highest BCUT2D eigenvalue weighted by molar-refractivity contribution is 5.43. The molecule has 3 heterocycles. The molecule has 0 spiro atoms. The maximum absolute atomic E-state index is 11.0. The highest BCUT2D eigenvalue weighted by atomic mass is 16.3. The molecule has 2 N–H and O–H groups in total. The normalized spacial score (nSPS) is 31.1. The van der Waals surface area contributed by atoms with Gasteiger partial charge in [0.15, 0.2) is 0 Å². The van der Waals surface area contributed by atoms with Crippen LogP contribution in [0.2, 0.25) is 0 Å². The Kier molecular flexibility index (Phi) is 8.60. The first-order chi connectivity index (χ1) is 16.8. The molecule has 1 unspecified atom stereocenters. The van der Waals surface area contributed by atoms with Crippen LogP contribution in [0.1, 0.15) is 96.3 Å². The van der Waals surface area contributed by atoms with Crippen LogP contribution in [0, 0.1) is 11.8 Å². The zero-order valence-corrected chi connectivity index (χ0v) is 21.2. The Morgan fingerprint density at radius 3 is 2.26 bits per heavy atom. The summed E-state index contributed by atoms with van der Waals surface area (Å²) in [6.07, 6.45) is 21.0. The topological polar surface area (TPSA) is 64.5 Å². The molecule has 190 valence electrons. The molecule has 0 aromatic carbocycles. The lowest BCUT2D eigenvalue weighted by molar-refractivity contribution is 0.00280. The zero-order chi connectivity index (χ0) is 23.2. The Morgan fingerprint density at radius 2 is 1.50 bits per heavy atom. The van der Waals surface area contributed by atoms with Crippen molar-refractivity contribution >= 4 is 11.8 Å². The number of nitrogens with one attached hydrogen (secondary N) is 1. The molecule has 0 amide bonds. The molecule has 6 heteroatoms. The third-order valence-electron chi connectivity index (χ3n) is 9.23. The van der Waals surface area contributed by atoms with E-state index in [2.05, 4.69) is 26.2 Å². The summed E-state index contributed by atoms with van der Waals surface area (Å²) in [6, 6.07) is 3.19. The number of aliphatic hydroxyl groups excluding tert-OH is 1. The molecule has 2 saturated carbocycles. The first kappa shape index (κ1) is 24.3. The molecule has 5 rings (SSSR count). The van der Waals surface area contributed by atoms with Crippen LogP contribution in [-0.2, 0) is 0 Å². The summed E-state index contributed by atoms with van der Waals surface area (Å²) >= 11 is 0. The first-order valence-corrected chi connectivity index (χ1v) is 14.5. The molecule has 4 fully saturated rings. The lowest BCUT2D eigenvalue weighted by atomic mass is 9.74. The fourth-order valence-electron chi connectivity index (χ4n) is 7.20. The van der Waals surface area contributed by atoms with Crippen LogP contribution >= 0.6 is 0 Å². The number of anilines is 2. The molecule has 6 nitrogen and oxygen atoms in total. The number of aliphatic hydroxyl groups is 1. The van der Waals surface area contributed by atoms with E-state index in [0.29, 0.717) is 23.9 Å². The van der Waals surface area contributed by atoms with Crippen LogP contribution in [0.4, 0.5) is 11.8 Å². The molecule has 0 bridgehead atoms. The van der Waals surface area contributed by atoms with Crippen molar-refractivity contribution in [3.8, 4) is 0 Å². The minimum absolute atomic E-state index is 0.0503. The molecule has 2 saturated heterocycles. The molecule has 4 aliphatic rings. The van der Waals surface area contributed by atoms with Crippen LogP contribution in [0.25, 0.3) is 0 Å². The fourth-order valence-corrected chi connectivity index (χ4v) is 7.20. The lowest BCUT2D eigenvalue weighted by Crippen LogP contribution is -2.49. The van der Waals surface area contributed by atoms with Gasteiger partial charge in [0.2, 0.25) is 5.95 Å². The molecule has 2 aliphatic heterocycles. The van der Waals surface area contributed by atoms with Crippen LogP contribution in [0.15, 0.2) is 12.3 Å². The molecule has 2 atom stereocenters. The fraction of sp³-hybridized carbons (Fsp3) is 0.857. The van der Waals surface area contributed by atoms with Gasteiger partial charge in [-0.2, -0.15) is 4.98 Å². The van der Waals surface area contributed by atoms with Gasteiger partial charge in [0, 0.05) is 37.9 Å². The van der Waals surface area contributed by atoms with Gasteiger partial charge in [0.05, 0.1) is 6.10 Å². The molecular weight excluding hydrogens is 422 g/mol. The Morgan fingerprint density at radius 1 is 0.794 bits per heavy atom. The average molecular weight is 470 g/mol. The van der Waals surface area contributed by atoms with E-state index in [1.54, 1.807) is 0 Å². The second-order valence-corrected chi connectivity index (χ2v) is 11.6. The highest BCUT2D eigenvalue weighted by Gasteiger charge is 2.35. The van der Waals surface area contributed by atoms with Crippen LogP contribution in [-0.4, -0.2) is 64.3 Å². The SMILES string of the molecule is OC(C1CCCCC1)C1CCC(N2CCC[C@H](Nc3nccc(N4CCCCCC4)n3)C2)CC1. The lowest BCUT2D eigenvalue weighted by Gasteiger charge is -2.43. The van der Waals surface area contributed by atoms with Crippen molar-refractivity contribution in [1.29, 1.82) is 0 Å². The highest BCUT2D eigenvalue weighted by Crippen LogP contribution is 2.37. The minimum Gasteiger partial charge on any atom is -0.393 e. The number of nitrogens with zero attached hydrogens (tertiary/aromatic N) is 4. The second-order valence-electron chi connectivity index (χ2n) is 11.6. The van der Waals surface area contributed by atoms with Gasteiger partial charge in [-0.1, -0.05) is 32.1 Å². The Bertz CT molecular complexity index is 738. The summed E-state index contributed by atoms with van der Waals surface area (Å²) in [4.78, 5) is 14.6. The monoisotopic (exact) mass is 469 g/mol. The number of hydrogen-bond acceptors (Lipinski definition) is 6. The van der Waals surface area contributed by atoms with Gasteiger partial charge in [0.1, 0.15) is 5.82 Å². The maximum Gasteiger partial charge on any atom is 0.224 e. The van der Waals surface area contributed by atoms with Gasteiger partial charge >= 0.3 is 0 Å². The van der Waals surface area contributed by atoms with Gasteiger partial charge in [-0.3, -0.25) is 4.90 Å². The summed E-state index contributed by atoms with van der Waals surface area (Å²) in [6.45, 7) is 4.54. The molecule has 1 aromatic heterocycles. The van der Waals surface area contributed by atoms with Crippen molar-refractivity contribution in [1.82, 2.24) is 14.9 Å². The quantitative estimate of drug-likeness (QED) is 0.594. The van der Waals surface area contributed by atoms with E-state index in [4.69, 9.17) is 4.98 Å². The van der Waals surface area contributed by atoms with Crippen LogP contribution in [0.5, 0.6) is 0 Å². The third-order valence-corrected chi connectivity index (χ3v) is 9.23. The molecule has 0 radical (unpaired) electrons. The van der Waals surface area contributed by atoms with Crippen molar-refractivity contribution in [2.24, 2.45) is 11.8 Å². The average Bonchev–Trinajstić information content (AvgIpc) is 3.19. The zero-order valence-electron chi connectivity index (χ0n) is 21.2. The Hall–Kier alpha value is -1.40. The standard InChI is InChI=1S/C28H47N5O/c34-27(22-9-4-3-5-10-22)23-12-14-25(15-13-23)33-20-8-11-24(21-33)30-28-29-17-16-26(31-28)32-18-6-1-2-7-19-32/h16-17,22-25,27,34H,1-15,18-21H2,(H,29,30,31)/t23?,24-,25?,27?/m0/s1. The van der Waals surface area contributed by atoms with Crippen molar-refractivity contribution in [3.63, 3.8) is 0 Å². The number of aromatic nitrogens is 2. The van der Waals surface area contributed by atoms with Crippen LogP contribution < -0.4 is 10.2 Å². The number of rotatable bonds is 6. The molecular formula is C28H47N5O. The number of likely N-dealkylation sites (tertiary alicyclic amines) is 1. The van der Waals surface area contributed by atoms with Crippen molar-refractivity contribution < 1.29 is 5.11 Å². The van der Waals surface area contributed by atoms with Gasteiger partial charge in [-0.15, -0.1) is 0 Å². The molecule has 2 aliphatic carbocycles. The summed E-state index contributed by atoms with van der Waals surface area (Å²) in [5.41, 5.74) is 0.